The van der Waals surface area contributed by atoms with Crippen molar-refractivity contribution in [2.24, 2.45) is 16.7 Å². The summed E-state index contributed by atoms with van der Waals surface area (Å²) < 4.78 is 10.7. The Morgan fingerprint density at radius 3 is 2.87 bits per heavy atom. The monoisotopic (exact) mass is 313 g/mol. The lowest BCUT2D eigenvalue weighted by molar-refractivity contribution is -0.128. The largest absolute Gasteiger partial charge is 0.454 e. The molecular weight excluding hydrogens is 290 g/mol. The first-order valence-electron chi connectivity index (χ1n) is 8.30. The Labute approximate surface area is 136 Å². The SMILES string of the molecule is C=C1C(C)(C)[C@H]2CC[C@]1(C(=O)NCc1ccc3c(c1)OCO3)C2. The van der Waals surface area contributed by atoms with E-state index in [1.807, 2.05) is 18.2 Å². The van der Waals surface area contributed by atoms with Gasteiger partial charge in [0.2, 0.25) is 12.7 Å². The van der Waals surface area contributed by atoms with Crippen molar-refractivity contribution in [2.75, 3.05) is 6.79 Å². The predicted octanol–water partition coefficient (Wildman–Crippen LogP) is 3.41. The summed E-state index contributed by atoms with van der Waals surface area (Å²) in [6.07, 6.45) is 3.02. The Kier molecular flexibility index (Phi) is 3.03. The minimum atomic E-state index is -0.357. The lowest BCUT2D eigenvalue weighted by atomic mass is 9.68. The molecule has 2 atom stereocenters. The minimum Gasteiger partial charge on any atom is -0.454 e. The Hall–Kier alpha value is -1.97. The van der Waals surface area contributed by atoms with Crippen molar-refractivity contribution in [1.29, 1.82) is 0 Å². The summed E-state index contributed by atoms with van der Waals surface area (Å²) in [6, 6.07) is 5.80. The van der Waals surface area contributed by atoms with Crippen LogP contribution in [0.25, 0.3) is 0 Å². The minimum absolute atomic E-state index is 0.0777. The molecular formula is C19H23NO3. The average molecular weight is 313 g/mol. The van der Waals surface area contributed by atoms with E-state index in [1.165, 1.54) is 0 Å². The number of hydrogen-bond donors (Lipinski definition) is 1. The van der Waals surface area contributed by atoms with Gasteiger partial charge in [-0.1, -0.05) is 32.1 Å². The molecule has 23 heavy (non-hydrogen) atoms. The topological polar surface area (TPSA) is 47.6 Å². The number of amides is 1. The van der Waals surface area contributed by atoms with Gasteiger partial charge in [-0.25, -0.2) is 0 Å². The molecule has 2 aliphatic carbocycles. The van der Waals surface area contributed by atoms with Crippen LogP contribution in [0.1, 0.15) is 38.7 Å². The van der Waals surface area contributed by atoms with E-state index in [0.29, 0.717) is 12.5 Å². The fourth-order valence-electron chi connectivity index (χ4n) is 4.54. The molecule has 4 rings (SSSR count). The molecule has 2 bridgehead atoms. The number of hydrogen-bond acceptors (Lipinski definition) is 3. The Balaban J connectivity index is 1.48. The third kappa shape index (κ3) is 2.00. The number of benzene rings is 1. The molecule has 1 N–H and O–H groups in total. The van der Waals surface area contributed by atoms with E-state index in [1.54, 1.807) is 0 Å². The molecule has 1 heterocycles. The van der Waals surface area contributed by atoms with Gasteiger partial charge >= 0.3 is 0 Å². The van der Waals surface area contributed by atoms with Crippen LogP contribution in [0.15, 0.2) is 30.4 Å². The summed E-state index contributed by atoms with van der Waals surface area (Å²) in [5.41, 5.74) is 1.86. The lowest BCUT2D eigenvalue weighted by Crippen LogP contribution is -2.41. The van der Waals surface area contributed by atoms with E-state index < -0.39 is 0 Å². The number of carbonyl (C=O) groups is 1. The molecule has 0 saturated heterocycles. The highest BCUT2D eigenvalue weighted by Crippen LogP contribution is 2.65. The Bertz CT molecular complexity index is 694. The normalized spacial score (nSPS) is 29.8. The molecule has 4 nitrogen and oxygen atoms in total. The molecule has 0 unspecified atom stereocenters. The maximum atomic E-state index is 12.9. The molecule has 2 saturated carbocycles. The quantitative estimate of drug-likeness (QED) is 0.870. The van der Waals surface area contributed by atoms with Crippen molar-refractivity contribution < 1.29 is 14.3 Å². The highest BCUT2D eigenvalue weighted by molar-refractivity contribution is 5.87. The smallest absolute Gasteiger partial charge is 0.231 e. The molecule has 1 aliphatic heterocycles. The first kappa shape index (κ1) is 14.6. The standard InChI is InChI=1S/C19H23NO3/c1-12-18(2,3)14-6-7-19(12,9-14)17(21)20-10-13-4-5-15-16(8-13)23-11-22-15/h4-5,8,14H,1,6-7,9-11H2,2-3H3,(H,20,21)/t14-,19-/m0/s1. The second kappa shape index (κ2) is 4.76. The zero-order valence-corrected chi connectivity index (χ0v) is 13.8. The average Bonchev–Trinajstić information content (AvgIpc) is 3.21. The molecule has 4 heteroatoms. The molecule has 1 amide bonds. The van der Waals surface area contributed by atoms with E-state index in [4.69, 9.17) is 9.47 Å². The van der Waals surface area contributed by atoms with E-state index in [2.05, 4.69) is 25.7 Å². The van der Waals surface area contributed by atoms with Gasteiger partial charge in [-0.15, -0.1) is 0 Å². The molecule has 0 aromatic heterocycles. The van der Waals surface area contributed by atoms with Crippen LogP contribution in [-0.2, 0) is 11.3 Å². The zero-order valence-electron chi connectivity index (χ0n) is 13.8. The molecule has 1 aromatic rings. The van der Waals surface area contributed by atoms with Gasteiger partial charge in [-0.3, -0.25) is 4.79 Å². The number of rotatable bonds is 3. The van der Waals surface area contributed by atoms with E-state index in [9.17, 15) is 4.79 Å². The van der Waals surface area contributed by atoms with E-state index in [-0.39, 0.29) is 23.5 Å². The van der Waals surface area contributed by atoms with Crippen LogP contribution < -0.4 is 14.8 Å². The van der Waals surface area contributed by atoms with Crippen molar-refractivity contribution in [2.45, 2.75) is 39.7 Å². The van der Waals surface area contributed by atoms with Gasteiger partial charge in [-0.2, -0.15) is 0 Å². The van der Waals surface area contributed by atoms with Gasteiger partial charge in [0.1, 0.15) is 0 Å². The number of fused-ring (bicyclic) bond motifs is 3. The fourth-order valence-corrected chi connectivity index (χ4v) is 4.54. The summed E-state index contributed by atoms with van der Waals surface area (Å²) in [6.45, 7) is 9.52. The van der Waals surface area contributed by atoms with Crippen molar-refractivity contribution in [3.05, 3.63) is 35.9 Å². The number of ether oxygens (including phenoxy) is 2. The van der Waals surface area contributed by atoms with E-state index in [0.717, 1.165) is 41.9 Å². The van der Waals surface area contributed by atoms with Crippen LogP contribution in [-0.4, -0.2) is 12.7 Å². The third-order valence-electron chi connectivity index (χ3n) is 6.22. The molecule has 0 spiro atoms. The molecule has 2 fully saturated rings. The lowest BCUT2D eigenvalue weighted by Gasteiger charge is -2.37. The number of nitrogens with one attached hydrogen (secondary N) is 1. The van der Waals surface area contributed by atoms with E-state index >= 15 is 0 Å². The van der Waals surface area contributed by atoms with Gasteiger partial charge < -0.3 is 14.8 Å². The Morgan fingerprint density at radius 2 is 2.13 bits per heavy atom. The van der Waals surface area contributed by atoms with Crippen LogP contribution in [0.5, 0.6) is 11.5 Å². The van der Waals surface area contributed by atoms with Gasteiger partial charge in [0, 0.05) is 6.54 Å². The molecule has 122 valence electrons. The number of carbonyl (C=O) groups excluding carboxylic acids is 1. The summed E-state index contributed by atoms with van der Waals surface area (Å²) in [4.78, 5) is 12.9. The van der Waals surface area contributed by atoms with Crippen LogP contribution in [0.2, 0.25) is 0 Å². The maximum Gasteiger partial charge on any atom is 0.231 e. The van der Waals surface area contributed by atoms with Crippen LogP contribution >= 0.6 is 0 Å². The summed E-state index contributed by atoms with van der Waals surface area (Å²) >= 11 is 0. The molecule has 0 radical (unpaired) electrons. The molecule has 1 aromatic carbocycles. The summed E-state index contributed by atoms with van der Waals surface area (Å²) in [5, 5.41) is 3.12. The maximum absolute atomic E-state index is 12.9. The van der Waals surface area contributed by atoms with Crippen molar-refractivity contribution in [3.8, 4) is 11.5 Å². The summed E-state index contributed by atoms with van der Waals surface area (Å²) in [5.74, 6) is 2.24. The first-order chi connectivity index (χ1) is 10.9. The van der Waals surface area contributed by atoms with Crippen LogP contribution in [0.3, 0.4) is 0 Å². The van der Waals surface area contributed by atoms with Gasteiger partial charge in [-0.05, 0) is 48.3 Å². The second-order valence-electron chi connectivity index (χ2n) is 7.59. The Morgan fingerprint density at radius 1 is 1.35 bits per heavy atom. The second-order valence-corrected chi connectivity index (χ2v) is 7.59. The fraction of sp³-hybridized carbons (Fsp3) is 0.526. The van der Waals surface area contributed by atoms with Gasteiger partial charge in [0.25, 0.3) is 0 Å². The van der Waals surface area contributed by atoms with Crippen molar-refractivity contribution in [1.82, 2.24) is 5.32 Å². The van der Waals surface area contributed by atoms with Crippen LogP contribution in [0.4, 0.5) is 0 Å². The first-order valence-corrected chi connectivity index (χ1v) is 8.30. The van der Waals surface area contributed by atoms with Gasteiger partial charge in [0.15, 0.2) is 11.5 Å². The van der Waals surface area contributed by atoms with Crippen molar-refractivity contribution >= 4 is 5.91 Å². The van der Waals surface area contributed by atoms with Crippen molar-refractivity contribution in [3.63, 3.8) is 0 Å². The zero-order chi connectivity index (χ0) is 16.2. The van der Waals surface area contributed by atoms with Crippen LogP contribution in [0, 0.1) is 16.7 Å². The highest BCUT2D eigenvalue weighted by atomic mass is 16.7. The predicted molar refractivity (Wildman–Crippen MR) is 87.1 cm³/mol. The third-order valence-corrected chi connectivity index (χ3v) is 6.22. The van der Waals surface area contributed by atoms with Gasteiger partial charge in [0.05, 0.1) is 5.41 Å². The summed E-state index contributed by atoms with van der Waals surface area (Å²) in [7, 11) is 0. The highest BCUT2D eigenvalue weighted by Gasteiger charge is 2.60. The molecule has 3 aliphatic rings.